The monoisotopic (exact) mass is 257 g/mol. The minimum absolute atomic E-state index is 0.181. The van der Waals surface area contributed by atoms with E-state index >= 15 is 0 Å². The molecule has 1 heterocycles. The van der Waals surface area contributed by atoms with E-state index in [0.29, 0.717) is 11.7 Å². The molecule has 5 nitrogen and oxygen atoms in total. The van der Waals surface area contributed by atoms with Crippen LogP contribution in [-0.4, -0.2) is 20.2 Å². The van der Waals surface area contributed by atoms with Crippen molar-refractivity contribution in [3.63, 3.8) is 0 Å². The first-order chi connectivity index (χ1) is 8.87. The fourth-order valence-electron chi connectivity index (χ4n) is 3.02. The number of para-hydroxylation sites is 1. The van der Waals surface area contributed by atoms with Crippen LogP contribution in [0.1, 0.15) is 33.7 Å². The highest BCUT2D eigenvalue weighted by Crippen LogP contribution is 2.71. The van der Waals surface area contributed by atoms with Crippen LogP contribution in [0.5, 0.6) is 0 Å². The lowest BCUT2D eigenvalue weighted by atomic mass is 10.0. The molecule has 2 aromatic rings. The number of nitrogen functional groups attached to an aromatic ring is 1. The first kappa shape index (κ1) is 12.1. The summed E-state index contributed by atoms with van der Waals surface area (Å²) >= 11 is 0. The first-order valence-corrected chi connectivity index (χ1v) is 6.50. The third-order valence-electron chi connectivity index (χ3n) is 4.88. The molecular formula is C14H19N5. The minimum atomic E-state index is 0.181. The summed E-state index contributed by atoms with van der Waals surface area (Å²) < 4.78 is 1.92. The Kier molecular flexibility index (Phi) is 2.27. The van der Waals surface area contributed by atoms with Gasteiger partial charge in [-0.1, -0.05) is 39.8 Å². The topological polar surface area (TPSA) is 69.6 Å². The average Bonchev–Trinajstić information content (AvgIpc) is 2.70. The Hall–Kier alpha value is -1.91. The van der Waals surface area contributed by atoms with Gasteiger partial charge < -0.3 is 5.73 Å². The van der Waals surface area contributed by atoms with Crippen LogP contribution in [0.3, 0.4) is 0 Å². The van der Waals surface area contributed by atoms with Crippen LogP contribution in [0.4, 0.5) is 5.69 Å². The molecular weight excluding hydrogens is 238 g/mol. The minimum Gasteiger partial charge on any atom is -0.398 e. The highest BCUT2D eigenvalue weighted by molar-refractivity contribution is 5.71. The number of nitrogens with two attached hydrogens (primary N) is 1. The molecule has 0 atom stereocenters. The van der Waals surface area contributed by atoms with E-state index < -0.39 is 0 Å². The van der Waals surface area contributed by atoms with Crippen molar-refractivity contribution in [2.75, 3.05) is 5.73 Å². The number of benzene rings is 1. The van der Waals surface area contributed by atoms with Crippen molar-refractivity contribution >= 4 is 5.69 Å². The molecule has 1 aliphatic rings. The van der Waals surface area contributed by atoms with Crippen LogP contribution in [0, 0.1) is 10.8 Å². The normalized spacial score (nSPS) is 20.4. The molecule has 0 unspecified atom stereocenters. The van der Waals surface area contributed by atoms with Crippen molar-refractivity contribution in [1.29, 1.82) is 0 Å². The van der Waals surface area contributed by atoms with Crippen LogP contribution in [0.15, 0.2) is 24.3 Å². The third kappa shape index (κ3) is 1.50. The Labute approximate surface area is 112 Å². The lowest BCUT2D eigenvalue weighted by Gasteiger charge is -2.08. The van der Waals surface area contributed by atoms with Gasteiger partial charge in [-0.25, -0.2) is 4.68 Å². The van der Waals surface area contributed by atoms with Gasteiger partial charge in [-0.05, 0) is 33.4 Å². The van der Waals surface area contributed by atoms with Crippen LogP contribution in [0.25, 0.3) is 11.4 Å². The van der Waals surface area contributed by atoms with E-state index in [4.69, 9.17) is 5.73 Å². The van der Waals surface area contributed by atoms with Crippen LogP contribution < -0.4 is 5.73 Å². The summed E-state index contributed by atoms with van der Waals surface area (Å²) in [4.78, 5) is 0. The highest BCUT2D eigenvalue weighted by Gasteiger charge is 2.67. The van der Waals surface area contributed by atoms with Gasteiger partial charge in [-0.2, -0.15) is 0 Å². The molecule has 19 heavy (non-hydrogen) atoms. The molecule has 5 heteroatoms. The highest BCUT2D eigenvalue weighted by atomic mass is 15.6. The van der Waals surface area contributed by atoms with Gasteiger partial charge in [0.1, 0.15) is 0 Å². The fraction of sp³-hybridized carbons (Fsp3) is 0.500. The van der Waals surface area contributed by atoms with Gasteiger partial charge in [0, 0.05) is 11.3 Å². The quantitative estimate of drug-likeness (QED) is 0.839. The number of hydrogen-bond acceptors (Lipinski definition) is 4. The second-order valence-electron chi connectivity index (χ2n) is 6.38. The summed E-state index contributed by atoms with van der Waals surface area (Å²) in [5, 5.41) is 12.2. The molecule has 3 rings (SSSR count). The van der Waals surface area contributed by atoms with Crippen molar-refractivity contribution in [3.05, 3.63) is 24.3 Å². The molecule has 0 aliphatic heterocycles. The van der Waals surface area contributed by atoms with Gasteiger partial charge in [0.25, 0.3) is 0 Å². The van der Waals surface area contributed by atoms with Crippen molar-refractivity contribution < 1.29 is 0 Å². The van der Waals surface area contributed by atoms with Crippen LogP contribution in [0.2, 0.25) is 0 Å². The maximum atomic E-state index is 6.03. The fourth-order valence-corrected chi connectivity index (χ4v) is 3.02. The molecule has 0 spiro atoms. The lowest BCUT2D eigenvalue weighted by molar-refractivity contribution is 0.457. The SMILES string of the molecule is CC1(C)C(n2nnnc2-c2ccccc2N)C1(C)C. The molecule has 0 radical (unpaired) electrons. The summed E-state index contributed by atoms with van der Waals surface area (Å²) in [6.07, 6.45) is 0. The maximum Gasteiger partial charge on any atom is 0.184 e. The average molecular weight is 257 g/mol. The van der Waals surface area contributed by atoms with E-state index in [1.807, 2.05) is 28.9 Å². The molecule has 1 aliphatic carbocycles. The number of tetrazole rings is 1. The summed E-state index contributed by atoms with van der Waals surface area (Å²) in [5.41, 5.74) is 7.99. The number of anilines is 1. The number of aromatic nitrogens is 4. The largest absolute Gasteiger partial charge is 0.398 e. The lowest BCUT2D eigenvalue weighted by Crippen LogP contribution is -2.06. The molecule has 0 bridgehead atoms. The van der Waals surface area contributed by atoms with E-state index in [9.17, 15) is 0 Å². The molecule has 100 valence electrons. The second-order valence-corrected chi connectivity index (χ2v) is 6.38. The molecule has 1 saturated carbocycles. The molecule has 2 N–H and O–H groups in total. The summed E-state index contributed by atoms with van der Waals surface area (Å²) in [5.74, 6) is 0.752. The van der Waals surface area contributed by atoms with E-state index in [1.165, 1.54) is 0 Å². The predicted octanol–water partition coefficient (Wildman–Crippen LogP) is 2.53. The van der Waals surface area contributed by atoms with Gasteiger partial charge in [-0.3, -0.25) is 0 Å². The molecule has 1 aromatic heterocycles. The predicted molar refractivity (Wildman–Crippen MR) is 74.3 cm³/mol. The van der Waals surface area contributed by atoms with Gasteiger partial charge in [0.2, 0.25) is 0 Å². The van der Waals surface area contributed by atoms with E-state index in [2.05, 4.69) is 43.2 Å². The Balaban J connectivity index is 2.09. The smallest absolute Gasteiger partial charge is 0.184 e. The van der Waals surface area contributed by atoms with Crippen LogP contribution in [-0.2, 0) is 0 Å². The van der Waals surface area contributed by atoms with Gasteiger partial charge in [0.15, 0.2) is 5.82 Å². The number of hydrogen-bond donors (Lipinski definition) is 1. The zero-order valence-corrected chi connectivity index (χ0v) is 11.8. The Morgan fingerprint density at radius 2 is 1.74 bits per heavy atom. The van der Waals surface area contributed by atoms with Gasteiger partial charge >= 0.3 is 0 Å². The zero-order chi connectivity index (χ0) is 13.8. The van der Waals surface area contributed by atoms with Gasteiger partial charge in [-0.15, -0.1) is 5.10 Å². The molecule has 0 saturated heterocycles. The Morgan fingerprint density at radius 1 is 1.11 bits per heavy atom. The van der Waals surface area contributed by atoms with E-state index in [-0.39, 0.29) is 10.8 Å². The molecule has 1 aromatic carbocycles. The Bertz CT molecular complexity index is 612. The van der Waals surface area contributed by atoms with Crippen molar-refractivity contribution in [1.82, 2.24) is 20.2 Å². The molecule has 0 amide bonds. The Morgan fingerprint density at radius 3 is 2.32 bits per heavy atom. The van der Waals surface area contributed by atoms with Crippen molar-refractivity contribution in [2.45, 2.75) is 33.7 Å². The number of rotatable bonds is 2. The summed E-state index contributed by atoms with van der Waals surface area (Å²) in [7, 11) is 0. The number of nitrogens with zero attached hydrogens (tertiary/aromatic N) is 4. The first-order valence-electron chi connectivity index (χ1n) is 6.50. The zero-order valence-electron chi connectivity index (χ0n) is 11.8. The third-order valence-corrected chi connectivity index (χ3v) is 4.88. The van der Waals surface area contributed by atoms with Crippen molar-refractivity contribution in [3.8, 4) is 11.4 Å². The maximum absolute atomic E-state index is 6.03. The van der Waals surface area contributed by atoms with Crippen molar-refractivity contribution in [2.24, 2.45) is 10.8 Å². The van der Waals surface area contributed by atoms with E-state index in [1.54, 1.807) is 0 Å². The molecule has 1 fully saturated rings. The standard InChI is InChI=1S/C14H19N5/c1-13(2)12(14(13,3)4)19-11(16-17-18-19)9-7-5-6-8-10(9)15/h5-8,12H,15H2,1-4H3. The van der Waals surface area contributed by atoms with Crippen LogP contribution >= 0.6 is 0 Å². The summed E-state index contributed by atoms with van der Waals surface area (Å²) in [6, 6.07) is 7.99. The second kappa shape index (κ2) is 3.56. The van der Waals surface area contributed by atoms with Gasteiger partial charge in [0.05, 0.1) is 6.04 Å². The van der Waals surface area contributed by atoms with E-state index in [0.717, 1.165) is 11.4 Å². The summed E-state index contributed by atoms with van der Waals surface area (Å²) in [6.45, 7) is 8.99.